The number of amides is 2. The van der Waals surface area contributed by atoms with Gasteiger partial charge in [0.05, 0.1) is 11.3 Å². The molecule has 2 aromatic rings. The predicted molar refractivity (Wildman–Crippen MR) is 119 cm³/mol. The summed E-state index contributed by atoms with van der Waals surface area (Å²) in [6, 6.07) is 15.0. The van der Waals surface area contributed by atoms with E-state index in [-0.39, 0.29) is 17.6 Å². The minimum Gasteiger partial charge on any atom is -0.508 e. The van der Waals surface area contributed by atoms with E-state index in [1.54, 1.807) is 12.1 Å². The maximum Gasteiger partial charge on any atom is 0.254 e. The molecule has 0 unspecified atom stereocenters. The number of thioether (sulfide) groups is 1. The molecule has 6 heteroatoms. The van der Waals surface area contributed by atoms with Crippen molar-refractivity contribution in [2.75, 3.05) is 31.9 Å². The van der Waals surface area contributed by atoms with Crippen molar-refractivity contribution in [2.24, 2.45) is 0 Å². The van der Waals surface area contributed by atoms with Crippen molar-refractivity contribution >= 4 is 23.6 Å². The van der Waals surface area contributed by atoms with Crippen LogP contribution in [0.4, 0.5) is 0 Å². The fourth-order valence-electron chi connectivity index (χ4n) is 4.30. The van der Waals surface area contributed by atoms with Gasteiger partial charge >= 0.3 is 0 Å². The Morgan fingerprint density at radius 1 is 0.900 bits per heavy atom. The first kappa shape index (κ1) is 20.8. The number of carbonyl (C=O) groups is 2. The quantitative estimate of drug-likeness (QED) is 0.734. The molecule has 0 bridgehead atoms. The summed E-state index contributed by atoms with van der Waals surface area (Å²) in [5.41, 5.74) is 1.91. The SMILES string of the molecule is O=C(CSc1ccccc1C(=O)N1CCC(c2ccc(O)cc2)CC1)N1CCCC1. The van der Waals surface area contributed by atoms with Gasteiger partial charge in [0.25, 0.3) is 5.91 Å². The van der Waals surface area contributed by atoms with Crippen LogP contribution in [0, 0.1) is 0 Å². The van der Waals surface area contributed by atoms with Crippen molar-refractivity contribution in [1.82, 2.24) is 9.80 Å². The summed E-state index contributed by atoms with van der Waals surface area (Å²) in [4.78, 5) is 30.3. The average Bonchev–Trinajstić information content (AvgIpc) is 3.33. The predicted octanol–water partition coefficient (Wildman–Crippen LogP) is 4.13. The van der Waals surface area contributed by atoms with E-state index < -0.39 is 0 Å². The number of benzene rings is 2. The Morgan fingerprint density at radius 3 is 2.27 bits per heavy atom. The molecule has 2 aliphatic rings. The zero-order valence-electron chi connectivity index (χ0n) is 17.1. The molecule has 1 N–H and O–H groups in total. The lowest BCUT2D eigenvalue weighted by Gasteiger charge is -2.32. The van der Waals surface area contributed by atoms with Crippen LogP contribution in [0.15, 0.2) is 53.4 Å². The van der Waals surface area contributed by atoms with Gasteiger partial charge in [-0.1, -0.05) is 24.3 Å². The van der Waals surface area contributed by atoms with Gasteiger partial charge in [0, 0.05) is 31.1 Å². The summed E-state index contributed by atoms with van der Waals surface area (Å²) >= 11 is 1.47. The standard InChI is InChI=1S/C24H28N2O3S/c27-20-9-7-18(8-10-20)19-11-15-26(16-12-19)24(29)21-5-1-2-6-22(21)30-17-23(28)25-13-3-4-14-25/h1-2,5-10,19,27H,3-4,11-17H2. The average molecular weight is 425 g/mol. The van der Waals surface area contributed by atoms with Gasteiger partial charge < -0.3 is 14.9 Å². The molecular weight excluding hydrogens is 396 g/mol. The number of piperidine rings is 1. The number of phenolic OH excluding ortho intramolecular Hbond substituents is 1. The Bertz CT molecular complexity index is 886. The fraction of sp³-hybridized carbons (Fsp3) is 0.417. The van der Waals surface area contributed by atoms with Crippen LogP contribution in [0.5, 0.6) is 5.75 Å². The number of phenols is 1. The first-order chi connectivity index (χ1) is 14.6. The minimum absolute atomic E-state index is 0.0517. The first-order valence-electron chi connectivity index (χ1n) is 10.7. The number of aromatic hydroxyl groups is 1. The second-order valence-corrected chi connectivity index (χ2v) is 9.05. The summed E-state index contributed by atoms with van der Waals surface area (Å²) in [6.07, 6.45) is 4.01. The van der Waals surface area contributed by atoms with E-state index in [1.807, 2.05) is 46.2 Å². The molecule has 0 atom stereocenters. The highest BCUT2D eigenvalue weighted by molar-refractivity contribution is 8.00. The Labute approximate surface area is 182 Å². The minimum atomic E-state index is 0.0517. The van der Waals surface area contributed by atoms with Gasteiger partial charge in [-0.15, -0.1) is 11.8 Å². The molecule has 4 rings (SSSR count). The molecule has 2 aliphatic heterocycles. The molecule has 2 heterocycles. The van der Waals surface area contributed by atoms with E-state index >= 15 is 0 Å². The molecule has 30 heavy (non-hydrogen) atoms. The van der Waals surface area contributed by atoms with E-state index in [0.717, 1.165) is 56.8 Å². The molecule has 0 aromatic heterocycles. The summed E-state index contributed by atoms with van der Waals surface area (Å²) in [6.45, 7) is 3.15. The molecule has 0 aliphatic carbocycles. The highest BCUT2D eigenvalue weighted by atomic mass is 32.2. The van der Waals surface area contributed by atoms with Crippen LogP contribution in [0.2, 0.25) is 0 Å². The van der Waals surface area contributed by atoms with Crippen molar-refractivity contribution in [3.63, 3.8) is 0 Å². The van der Waals surface area contributed by atoms with Gasteiger partial charge in [0.2, 0.25) is 5.91 Å². The lowest BCUT2D eigenvalue weighted by Crippen LogP contribution is -2.38. The highest BCUT2D eigenvalue weighted by Gasteiger charge is 2.26. The van der Waals surface area contributed by atoms with Gasteiger partial charge in [-0.2, -0.15) is 0 Å². The van der Waals surface area contributed by atoms with Crippen LogP contribution >= 0.6 is 11.8 Å². The van der Waals surface area contributed by atoms with E-state index in [9.17, 15) is 14.7 Å². The third-order valence-electron chi connectivity index (χ3n) is 6.07. The molecular formula is C24H28N2O3S. The molecule has 158 valence electrons. The van der Waals surface area contributed by atoms with Crippen LogP contribution in [0.25, 0.3) is 0 Å². The van der Waals surface area contributed by atoms with Crippen LogP contribution in [0.3, 0.4) is 0 Å². The van der Waals surface area contributed by atoms with Crippen molar-refractivity contribution in [3.05, 3.63) is 59.7 Å². The maximum absolute atomic E-state index is 13.2. The molecule has 2 aromatic carbocycles. The Hall–Kier alpha value is -2.47. The largest absolute Gasteiger partial charge is 0.508 e. The van der Waals surface area contributed by atoms with Gasteiger partial charge in [-0.05, 0) is 61.4 Å². The number of likely N-dealkylation sites (tertiary alicyclic amines) is 2. The smallest absolute Gasteiger partial charge is 0.254 e. The molecule has 5 nitrogen and oxygen atoms in total. The molecule has 0 radical (unpaired) electrons. The van der Waals surface area contributed by atoms with Crippen LogP contribution in [0.1, 0.15) is 47.5 Å². The van der Waals surface area contributed by atoms with E-state index in [4.69, 9.17) is 0 Å². The number of hydrogen-bond donors (Lipinski definition) is 1. The topological polar surface area (TPSA) is 60.9 Å². The highest BCUT2D eigenvalue weighted by Crippen LogP contribution is 2.31. The maximum atomic E-state index is 13.2. The van der Waals surface area contributed by atoms with Crippen molar-refractivity contribution < 1.29 is 14.7 Å². The monoisotopic (exact) mass is 424 g/mol. The zero-order chi connectivity index (χ0) is 20.9. The lowest BCUT2D eigenvalue weighted by molar-refractivity contribution is -0.127. The molecule has 0 saturated carbocycles. The van der Waals surface area contributed by atoms with Crippen LogP contribution in [-0.4, -0.2) is 58.7 Å². The van der Waals surface area contributed by atoms with Gasteiger partial charge in [0.15, 0.2) is 0 Å². The Kier molecular flexibility index (Phi) is 6.62. The van der Waals surface area contributed by atoms with Gasteiger partial charge in [-0.25, -0.2) is 0 Å². The van der Waals surface area contributed by atoms with E-state index in [2.05, 4.69) is 0 Å². The van der Waals surface area contributed by atoms with Crippen molar-refractivity contribution in [3.8, 4) is 5.75 Å². The lowest BCUT2D eigenvalue weighted by atomic mass is 9.89. The summed E-state index contributed by atoms with van der Waals surface area (Å²) in [5, 5.41) is 9.48. The summed E-state index contributed by atoms with van der Waals surface area (Å²) < 4.78 is 0. The summed E-state index contributed by atoms with van der Waals surface area (Å²) in [7, 11) is 0. The van der Waals surface area contributed by atoms with Gasteiger partial charge in [0.1, 0.15) is 5.75 Å². The normalized spacial score (nSPS) is 17.3. The molecule has 0 spiro atoms. The van der Waals surface area contributed by atoms with E-state index in [1.165, 1.54) is 17.3 Å². The molecule has 2 saturated heterocycles. The molecule has 2 amide bonds. The van der Waals surface area contributed by atoms with Crippen molar-refractivity contribution in [1.29, 1.82) is 0 Å². The van der Waals surface area contributed by atoms with Crippen LogP contribution in [-0.2, 0) is 4.79 Å². The second-order valence-electron chi connectivity index (χ2n) is 8.03. The zero-order valence-corrected chi connectivity index (χ0v) is 17.9. The fourth-order valence-corrected chi connectivity index (χ4v) is 5.25. The first-order valence-corrected chi connectivity index (χ1v) is 11.7. The van der Waals surface area contributed by atoms with Crippen LogP contribution < -0.4 is 0 Å². The number of hydrogen-bond acceptors (Lipinski definition) is 4. The van der Waals surface area contributed by atoms with E-state index in [0.29, 0.717) is 17.2 Å². The van der Waals surface area contributed by atoms with Gasteiger partial charge in [-0.3, -0.25) is 9.59 Å². The second kappa shape index (κ2) is 9.56. The molecule has 2 fully saturated rings. The number of rotatable bonds is 5. The van der Waals surface area contributed by atoms with Crippen molar-refractivity contribution in [2.45, 2.75) is 36.5 Å². The third kappa shape index (κ3) is 4.81. The third-order valence-corrected chi connectivity index (χ3v) is 7.13. The Morgan fingerprint density at radius 2 is 1.57 bits per heavy atom. The number of carbonyl (C=O) groups excluding carboxylic acids is 2. The number of nitrogens with zero attached hydrogens (tertiary/aromatic N) is 2. The Balaban J connectivity index is 1.36. The summed E-state index contributed by atoms with van der Waals surface area (Å²) in [5.74, 6) is 1.29.